The number of nitrogens with zero attached hydrogens (tertiary/aromatic N) is 1. The molecular weight excluding hydrogens is 362 g/mol. The summed E-state index contributed by atoms with van der Waals surface area (Å²) >= 11 is 1.38. The number of rotatable bonds is 4. The quantitative estimate of drug-likeness (QED) is 0.719. The Morgan fingerprint density at radius 2 is 2.07 bits per heavy atom. The highest BCUT2D eigenvalue weighted by molar-refractivity contribution is 7.14. The van der Waals surface area contributed by atoms with Gasteiger partial charge in [0.2, 0.25) is 0 Å². The Bertz CT molecular complexity index is 1010. The van der Waals surface area contributed by atoms with E-state index in [9.17, 15) is 9.59 Å². The van der Waals surface area contributed by atoms with E-state index in [4.69, 9.17) is 4.74 Å². The van der Waals surface area contributed by atoms with Gasteiger partial charge in [0.1, 0.15) is 5.75 Å². The van der Waals surface area contributed by atoms with E-state index in [0.717, 1.165) is 17.7 Å². The largest absolute Gasteiger partial charge is 0.482 e. The Kier molecular flexibility index (Phi) is 4.60. The lowest BCUT2D eigenvalue weighted by Gasteiger charge is -2.18. The molecule has 0 saturated heterocycles. The minimum absolute atomic E-state index is 0.0509. The molecule has 2 aromatic carbocycles. The van der Waals surface area contributed by atoms with Crippen LogP contribution in [0, 0.1) is 0 Å². The molecule has 1 aliphatic rings. The maximum absolute atomic E-state index is 12.5. The number of thiazole rings is 1. The van der Waals surface area contributed by atoms with Gasteiger partial charge < -0.3 is 10.1 Å². The fourth-order valence-electron chi connectivity index (χ4n) is 2.76. The van der Waals surface area contributed by atoms with Crippen LogP contribution in [0.2, 0.25) is 0 Å². The zero-order valence-electron chi connectivity index (χ0n) is 14.6. The van der Waals surface area contributed by atoms with Crippen molar-refractivity contribution in [2.75, 3.05) is 17.2 Å². The molecule has 2 amide bonds. The molecule has 7 heteroatoms. The lowest BCUT2D eigenvalue weighted by Crippen LogP contribution is -2.25. The minimum atomic E-state index is -0.277. The van der Waals surface area contributed by atoms with Crippen LogP contribution in [0.25, 0.3) is 11.3 Å². The van der Waals surface area contributed by atoms with Crippen molar-refractivity contribution in [1.29, 1.82) is 0 Å². The third-order valence-electron chi connectivity index (χ3n) is 4.26. The molecule has 4 rings (SSSR count). The molecule has 1 aliphatic heterocycles. The maximum atomic E-state index is 12.5. The number of fused-ring (bicyclic) bond motifs is 1. The Labute approximate surface area is 160 Å². The van der Waals surface area contributed by atoms with Crippen LogP contribution in [0.1, 0.15) is 22.8 Å². The molecule has 0 atom stereocenters. The van der Waals surface area contributed by atoms with Crippen molar-refractivity contribution >= 4 is 34.0 Å². The van der Waals surface area contributed by atoms with Crippen molar-refractivity contribution in [3.8, 4) is 17.0 Å². The van der Waals surface area contributed by atoms with E-state index in [0.29, 0.717) is 22.1 Å². The highest BCUT2D eigenvalue weighted by Gasteiger charge is 2.18. The molecule has 0 radical (unpaired) electrons. The first kappa shape index (κ1) is 17.2. The number of nitrogens with one attached hydrogen (secondary N) is 2. The summed E-state index contributed by atoms with van der Waals surface area (Å²) in [5.41, 5.74) is 4.12. The number of benzene rings is 2. The van der Waals surface area contributed by atoms with Crippen LogP contribution in [0.4, 0.5) is 10.8 Å². The van der Waals surface area contributed by atoms with Gasteiger partial charge in [-0.15, -0.1) is 11.3 Å². The fourth-order valence-corrected chi connectivity index (χ4v) is 3.47. The number of aromatic nitrogens is 1. The zero-order valence-corrected chi connectivity index (χ0v) is 15.4. The molecule has 27 heavy (non-hydrogen) atoms. The lowest BCUT2D eigenvalue weighted by atomic mass is 10.1. The van der Waals surface area contributed by atoms with E-state index in [1.54, 1.807) is 18.2 Å². The summed E-state index contributed by atoms with van der Waals surface area (Å²) in [6, 6.07) is 13.1. The van der Waals surface area contributed by atoms with Gasteiger partial charge in [-0.05, 0) is 30.2 Å². The van der Waals surface area contributed by atoms with Gasteiger partial charge in [-0.25, -0.2) is 4.98 Å². The van der Waals surface area contributed by atoms with Crippen molar-refractivity contribution in [2.45, 2.75) is 13.3 Å². The van der Waals surface area contributed by atoms with Crippen LogP contribution in [0.3, 0.4) is 0 Å². The summed E-state index contributed by atoms with van der Waals surface area (Å²) in [6.45, 7) is 2.07. The average molecular weight is 379 g/mol. The fraction of sp³-hybridized carbons (Fsp3) is 0.150. The standard InChI is InChI=1S/C20H17N3O3S/c1-2-12-3-5-13(6-4-12)16-11-27-20(22-16)23-19(25)14-7-8-15-17(9-14)26-10-18(24)21-15/h3-9,11H,2,10H2,1H3,(H,21,24)(H,22,23,25). The molecule has 0 fully saturated rings. The number of carbonyl (C=O) groups is 2. The van der Waals surface area contributed by atoms with Gasteiger partial charge in [0, 0.05) is 16.5 Å². The molecule has 1 aromatic heterocycles. The maximum Gasteiger partial charge on any atom is 0.262 e. The predicted molar refractivity (Wildman–Crippen MR) is 105 cm³/mol. The summed E-state index contributed by atoms with van der Waals surface area (Å²) in [5, 5.41) is 7.96. The monoisotopic (exact) mass is 379 g/mol. The van der Waals surface area contributed by atoms with Crippen LogP contribution < -0.4 is 15.4 Å². The predicted octanol–water partition coefficient (Wildman–Crippen LogP) is 3.96. The highest BCUT2D eigenvalue weighted by atomic mass is 32.1. The van der Waals surface area contributed by atoms with Crippen molar-refractivity contribution in [1.82, 2.24) is 4.98 Å². The lowest BCUT2D eigenvalue weighted by molar-refractivity contribution is -0.118. The molecule has 2 N–H and O–H groups in total. The summed E-state index contributed by atoms with van der Waals surface area (Å²) < 4.78 is 5.35. The summed E-state index contributed by atoms with van der Waals surface area (Å²) in [5.74, 6) is 0.000563. The number of carbonyl (C=O) groups excluding carboxylic acids is 2. The van der Waals surface area contributed by atoms with E-state index in [2.05, 4.69) is 34.7 Å². The third kappa shape index (κ3) is 3.68. The van der Waals surface area contributed by atoms with Crippen LogP contribution in [0.5, 0.6) is 5.75 Å². The first-order valence-corrected chi connectivity index (χ1v) is 9.43. The molecule has 0 aliphatic carbocycles. The summed E-state index contributed by atoms with van der Waals surface area (Å²) in [4.78, 5) is 28.3. The second-order valence-corrected chi connectivity index (χ2v) is 6.95. The molecule has 136 valence electrons. The first-order valence-electron chi connectivity index (χ1n) is 8.55. The van der Waals surface area contributed by atoms with Gasteiger partial charge in [-0.3, -0.25) is 14.9 Å². The summed E-state index contributed by atoms with van der Waals surface area (Å²) in [7, 11) is 0. The van der Waals surface area contributed by atoms with E-state index in [1.807, 2.05) is 17.5 Å². The number of hydrogen-bond acceptors (Lipinski definition) is 5. The molecular formula is C20H17N3O3S. The van der Waals surface area contributed by atoms with Crippen molar-refractivity contribution in [3.63, 3.8) is 0 Å². The number of aryl methyl sites for hydroxylation is 1. The Morgan fingerprint density at radius 1 is 1.26 bits per heavy atom. The molecule has 3 aromatic rings. The van der Waals surface area contributed by atoms with E-state index in [-0.39, 0.29) is 18.4 Å². The van der Waals surface area contributed by atoms with E-state index < -0.39 is 0 Å². The van der Waals surface area contributed by atoms with Gasteiger partial charge >= 0.3 is 0 Å². The van der Waals surface area contributed by atoms with Gasteiger partial charge in [0.25, 0.3) is 11.8 Å². The van der Waals surface area contributed by atoms with E-state index in [1.165, 1.54) is 16.9 Å². The Morgan fingerprint density at radius 3 is 2.85 bits per heavy atom. The second kappa shape index (κ2) is 7.20. The minimum Gasteiger partial charge on any atom is -0.482 e. The molecule has 0 spiro atoms. The Balaban J connectivity index is 1.48. The van der Waals surface area contributed by atoms with Crippen molar-refractivity contribution < 1.29 is 14.3 Å². The topological polar surface area (TPSA) is 80.3 Å². The smallest absolute Gasteiger partial charge is 0.262 e. The SMILES string of the molecule is CCc1ccc(-c2csc(NC(=O)c3ccc4c(c3)OCC(=O)N4)n2)cc1. The first-order chi connectivity index (χ1) is 13.1. The van der Waals surface area contributed by atoms with Crippen molar-refractivity contribution in [3.05, 3.63) is 59.0 Å². The Hall–Kier alpha value is -3.19. The van der Waals surface area contributed by atoms with Gasteiger partial charge in [0.05, 0.1) is 11.4 Å². The van der Waals surface area contributed by atoms with Crippen LogP contribution in [-0.2, 0) is 11.2 Å². The molecule has 0 saturated carbocycles. The van der Waals surface area contributed by atoms with Gasteiger partial charge in [-0.2, -0.15) is 0 Å². The van der Waals surface area contributed by atoms with Crippen molar-refractivity contribution in [2.24, 2.45) is 0 Å². The normalized spacial score (nSPS) is 12.7. The van der Waals surface area contributed by atoms with Gasteiger partial charge in [0.15, 0.2) is 11.7 Å². The van der Waals surface area contributed by atoms with Crippen LogP contribution in [-0.4, -0.2) is 23.4 Å². The molecule has 0 bridgehead atoms. The highest BCUT2D eigenvalue weighted by Crippen LogP contribution is 2.30. The number of anilines is 2. The number of amides is 2. The third-order valence-corrected chi connectivity index (χ3v) is 5.02. The number of ether oxygens (including phenoxy) is 1. The molecule has 0 unspecified atom stereocenters. The molecule has 6 nitrogen and oxygen atoms in total. The van der Waals surface area contributed by atoms with Crippen LogP contribution in [0.15, 0.2) is 47.8 Å². The number of hydrogen-bond donors (Lipinski definition) is 2. The summed E-state index contributed by atoms with van der Waals surface area (Å²) in [6.07, 6.45) is 0.993. The second-order valence-electron chi connectivity index (χ2n) is 6.09. The van der Waals surface area contributed by atoms with Gasteiger partial charge in [-0.1, -0.05) is 31.2 Å². The molecule has 2 heterocycles. The van der Waals surface area contributed by atoms with Crippen LogP contribution >= 0.6 is 11.3 Å². The zero-order chi connectivity index (χ0) is 18.8. The van der Waals surface area contributed by atoms with E-state index >= 15 is 0 Å². The average Bonchev–Trinajstić information content (AvgIpc) is 3.16.